The van der Waals surface area contributed by atoms with Crippen molar-refractivity contribution in [3.05, 3.63) is 107 Å². The van der Waals surface area contributed by atoms with Crippen LogP contribution in [0.2, 0.25) is 0 Å². The number of phenols is 2. The number of likely N-dealkylation sites (tertiary alicyclic amines) is 2. The van der Waals surface area contributed by atoms with Gasteiger partial charge in [-0.05, 0) is 210 Å². The largest absolute Gasteiger partial charge is 0.508 e. The van der Waals surface area contributed by atoms with E-state index in [0.717, 1.165) is 38.6 Å². The van der Waals surface area contributed by atoms with Gasteiger partial charge in [0.1, 0.15) is 45.8 Å². The summed E-state index contributed by atoms with van der Waals surface area (Å²) < 4.78 is 125. The summed E-state index contributed by atoms with van der Waals surface area (Å²) in [5.41, 5.74) is -4.05. The molecule has 8 aromatic rings. The topological polar surface area (TPSA) is 164 Å². The molecule has 6 aliphatic rings. The van der Waals surface area contributed by atoms with Crippen LogP contribution in [0.5, 0.6) is 23.5 Å². The molecule has 14 nitrogen and oxygen atoms in total. The number of benzene rings is 6. The predicted octanol–water partition coefficient (Wildman–Crippen LogP) is 13.6. The summed E-state index contributed by atoms with van der Waals surface area (Å²) in [6.07, 6.45) is 8.79. The van der Waals surface area contributed by atoms with Crippen LogP contribution in [0, 0.1) is 46.4 Å². The Morgan fingerprint density at radius 2 is 1.20 bits per heavy atom. The van der Waals surface area contributed by atoms with Gasteiger partial charge in [-0.25, -0.2) is 17.6 Å². The minimum Gasteiger partial charge on any atom is -0.508 e. The summed E-state index contributed by atoms with van der Waals surface area (Å²) >= 11 is 0. The Morgan fingerprint density at radius 3 is 1.84 bits per heavy atom. The average molecular weight is 1280 g/mol. The number of phenolic OH excluding ortho intramolecular Hbond substituents is 2. The number of aryl methyl sites for hydroxylation is 1. The third-order valence-electron chi connectivity index (χ3n) is 21.9. The number of nitrogens with zero attached hydrogens (tertiary/aromatic N) is 8. The van der Waals surface area contributed by atoms with Crippen LogP contribution >= 0.6 is 0 Å². The van der Waals surface area contributed by atoms with E-state index in [1.165, 1.54) is 59.5 Å². The maximum atomic E-state index is 18.1. The van der Waals surface area contributed by atoms with Crippen LogP contribution in [-0.4, -0.2) is 146 Å². The minimum absolute atomic E-state index is 0.00512. The van der Waals surface area contributed by atoms with Crippen LogP contribution in [0.25, 0.3) is 65.6 Å². The standard InChI is InChI=1S/C72H75F7N8O6/c1-6-44-54(73)18-13-41-30-42(88)32-51(58(41)44)46-14-16-48-62(60(46)75)80-66(82-64(48)86-27-9-20-68(3,90)36-86)93-39-70-24-19-40(31-57(70)85(5)29-25-70)50-35-55(74)45(7-2)59-52(33-43(89)34-53(50)59)47-15-17-49-63(61(47)76)81-67(92-38-69-21-8-12-56(69)84(4)26-10-22-69)83-65(49)87-28-11-23-71(91,37-87)72(77,78)79/h1,13-18,30,32-35,40,56-57,88-91H,7-12,19-29,31,36-39H2,2-5H3. The molecule has 2 saturated carbocycles. The predicted molar refractivity (Wildman–Crippen MR) is 343 cm³/mol. The summed E-state index contributed by atoms with van der Waals surface area (Å²) in [6, 6.07) is 15.9. The molecule has 6 fully saturated rings. The fourth-order valence-electron chi connectivity index (χ4n) is 17.3. The van der Waals surface area contributed by atoms with Crippen molar-refractivity contribution < 1.29 is 60.6 Å². The van der Waals surface area contributed by atoms with Gasteiger partial charge in [-0.3, -0.25) is 0 Å². The summed E-state index contributed by atoms with van der Waals surface area (Å²) in [5, 5.41) is 47.0. The zero-order valence-electron chi connectivity index (χ0n) is 52.5. The Balaban J connectivity index is 0.813. The zero-order valence-corrected chi connectivity index (χ0v) is 52.5. The van der Waals surface area contributed by atoms with E-state index in [-0.39, 0.29) is 142 Å². The van der Waals surface area contributed by atoms with Crippen LogP contribution in [0.15, 0.2) is 66.7 Å². The number of β-amino-alcohol motifs (C(OH)–C–C–N with tert-alkyl or cyclic N) is 2. The summed E-state index contributed by atoms with van der Waals surface area (Å²) in [6.45, 7) is 5.44. The lowest BCUT2D eigenvalue weighted by atomic mass is 9.65. The first-order valence-corrected chi connectivity index (χ1v) is 32.5. The Labute approximate surface area is 534 Å². The van der Waals surface area contributed by atoms with E-state index in [0.29, 0.717) is 90.1 Å². The molecule has 4 aliphatic heterocycles. The molecule has 0 spiro atoms. The molecule has 0 amide bonds. The Kier molecular flexibility index (Phi) is 15.7. The Morgan fingerprint density at radius 1 is 0.613 bits per heavy atom. The number of aromatic hydroxyl groups is 2. The third kappa shape index (κ3) is 10.7. The van der Waals surface area contributed by atoms with Crippen molar-refractivity contribution >= 4 is 55.0 Å². The Hall–Kier alpha value is -7.77. The van der Waals surface area contributed by atoms with Crippen LogP contribution in [0.1, 0.15) is 120 Å². The van der Waals surface area contributed by atoms with Gasteiger partial charge >= 0.3 is 18.2 Å². The highest BCUT2D eigenvalue weighted by Crippen LogP contribution is 2.54. The minimum atomic E-state index is -4.96. The number of aliphatic hydroxyl groups is 2. The highest BCUT2D eigenvalue weighted by molar-refractivity contribution is 6.06. The molecule has 4 N–H and O–H groups in total. The maximum absolute atomic E-state index is 18.1. The SMILES string of the molecule is C#Cc1c(F)ccc2cc(O)cc(-c3ccc4c(N5CCCC(C)(O)C5)nc(OCC56CCC(c7cc(F)c(CC)c8c(-c9ccc%10c(N%11CCCC(O)(C(F)(F)F)C%11)nc(OCC%11%12CCCC%11N(C)CCC%12)nc%10c9F)cc(O)cc78)CC5N(C)CC6)nc4c3F)c12. The second-order valence-electron chi connectivity index (χ2n) is 27.7. The zero-order chi connectivity index (χ0) is 65.3. The van der Waals surface area contributed by atoms with Gasteiger partial charge in [0.05, 0.1) is 30.9 Å². The monoisotopic (exact) mass is 1280 g/mol. The number of fused-ring (bicyclic) bond motifs is 6. The smallest absolute Gasteiger partial charge is 0.418 e. The fourth-order valence-corrected chi connectivity index (χ4v) is 17.3. The lowest BCUT2D eigenvalue weighted by Crippen LogP contribution is -2.57. The first-order chi connectivity index (χ1) is 44.4. The molecule has 7 atom stereocenters. The highest BCUT2D eigenvalue weighted by atomic mass is 19.4. The molecular weight excluding hydrogens is 1210 g/mol. The van der Waals surface area contributed by atoms with Crippen LogP contribution in [0.4, 0.5) is 42.4 Å². The first kappa shape index (κ1) is 62.7. The van der Waals surface area contributed by atoms with E-state index in [4.69, 9.17) is 30.8 Å². The van der Waals surface area contributed by atoms with Gasteiger partial charge in [0, 0.05) is 69.8 Å². The Bertz CT molecular complexity index is 4380. The molecule has 2 aliphatic carbocycles. The molecule has 6 heterocycles. The van der Waals surface area contributed by atoms with E-state index in [1.54, 1.807) is 26.0 Å². The molecule has 93 heavy (non-hydrogen) atoms. The third-order valence-corrected chi connectivity index (χ3v) is 21.9. The van der Waals surface area contributed by atoms with Crippen molar-refractivity contribution in [3.8, 4) is 58.1 Å². The van der Waals surface area contributed by atoms with E-state index in [1.807, 2.05) is 11.9 Å². The van der Waals surface area contributed by atoms with Crippen molar-refractivity contribution in [3.63, 3.8) is 0 Å². The normalized spacial score (nSPS) is 26.3. The molecular formula is C72H75F7N8O6. The van der Waals surface area contributed by atoms with Crippen molar-refractivity contribution in [1.29, 1.82) is 0 Å². The lowest BCUT2D eigenvalue weighted by Gasteiger charge is -2.44. The van der Waals surface area contributed by atoms with Crippen LogP contribution < -0.4 is 19.3 Å². The van der Waals surface area contributed by atoms with Crippen LogP contribution in [-0.2, 0) is 6.42 Å². The quantitative estimate of drug-likeness (QED) is 0.0675. The molecule has 14 rings (SSSR count). The number of anilines is 2. The number of rotatable bonds is 12. The number of alkyl halides is 3. The molecule has 0 radical (unpaired) electrons. The molecule has 21 heteroatoms. The first-order valence-electron chi connectivity index (χ1n) is 32.5. The second-order valence-corrected chi connectivity index (χ2v) is 27.7. The molecule has 488 valence electrons. The maximum Gasteiger partial charge on any atom is 0.418 e. The lowest BCUT2D eigenvalue weighted by molar-refractivity contribution is -0.261. The highest BCUT2D eigenvalue weighted by Gasteiger charge is 2.56. The van der Waals surface area contributed by atoms with Gasteiger partial charge < -0.3 is 49.5 Å². The molecule has 2 aromatic heterocycles. The van der Waals surface area contributed by atoms with E-state index in [2.05, 4.69) is 27.8 Å². The average Bonchev–Trinajstić information content (AvgIpc) is 1.28. The van der Waals surface area contributed by atoms with Gasteiger partial charge in [-0.15, -0.1) is 6.42 Å². The fraction of sp³-hybridized carbons (Fsp3) is 0.472. The van der Waals surface area contributed by atoms with Crippen molar-refractivity contribution in [2.45, 2.75) is 139 Å². The van der Waals surface area contributed by atoms with Gasteiger partial charge in [0.25, 0.3) is 0 Å². The molecule has 4 saturated heterocycles. The van der Waals surface area contributed by atoms with Crippen molar-refractivity contribution in [1.82, 2.24) is 29.7 Å². The van der Waals surface area contributed by atoms with E-state index >= 15 is 17.6 Å². The number of ether oxygens (including phenoxy) is 2. The van der Waals surface area contributed by atoms with E-state index < -0.39 is 59.0 Å². The number of halogens is 7. The molecule has 7 unspecified atom stereocenters. The summed E-state index contributed by atoms with van der Waals surface area (Å²) in [5.74, 6) is -0.778. The number of aromatic nitrogens is 4. The summed E-state index contributed by atoms with van der Waals surface area (Å²) in [4.78, 5) is 26.9. The number of hydrogen-bond acceptors (Lipinski definition) is 14. The van der Waals surface area contributed by atoms with Gasteiger partial charge in [-0.1, -0.05) is 37.5 Å². The van der Waals surface area contributed by atoms with Gasteiger partial charge in [0.15, 0.2) is 17.2 Å². The second kappa shape index (κ2) is 23.3. The molecule has 6 aromatic carbocycles. The number of hydrogen-bond donors (Lipinski definition) is 4. The summed E-state index contributed by atoms with van der Waals surface area (Å²) in [7, 11) is 4.12. The molecule has 0 bridgehead atoms. The van der Waals surface area contributed by atoms with Crippen LogP contribution in [0.3, 0.4) is 0 Å². The van der Waals surface area contributed by atoms with Gasteiger partial charge in [0.2, 0.25) is 0 Å². The number of terminal acetylenes is 1. The number of piperidine rings is 3. The van der Waals surface area contributed by atoms with Crippen molar-refractivity contribution in [2.75, 3.05) is 76.4 Å². The van der Waals surface area contributed by atoms with Crippen molar-refractivity contribution in [2.24, 2.45) is 10.8 Å². The van der Waals surface area contributed by atoms with Gasteiger partial charge in [-0.2, -0.15) is 33.1 Å². The van der Waals surface area contributed by atoms with E-state index in [9.17, 15) is 33.6 Å².